The predicted octanol–water partition coefficient (Wildman–Crippen LogP) is 4.84. The molecule has 1 heterocycles. The van der Waals surface area contributed by atoms with Crippen LogP contribution in [0.4, 0.5) is 5.69 Å². The van der Waals surface area contributed by atoms with E-state index in [-0.39, 0.29) is 0 Å². The molecule has 0 spiro atoms. The van der Waals surface area contributed by atoms with Crippen LogP contribution in [-0.2, 0) is 24.1 Å². The minimum atomic E-state index is -1.25. The molecule has 7 rings (SSSR count). The number of rotatable bonds is 3. The Hall–Kier alpha value is -3.15. The van der Waals surface area contributed by atoms with Gasteiger partial charge in [0.25, 0.3) is 0 Å². The zero-order valence-electron chi connectivity index (χ0n) is 19.1. The summed E-state index contributed by atoms with van der Waals surface area (Å²) in [7, 11) is 0. The molecular formula is C28H22Cl2N2O3. The van der Waals surface area contributed by atoms with Crippen molar-refractivity contribution in [1.29, 1.82) is 0 Å². The Balaban J connectivity index is 1.41. The number of likely N-dealkylation sites (tertiary alicyclic amines) is 1. The van der Waals surface area contributed by atoms with Gasteiger partial charge in [-0.2, -0.15) is 0 Å². The van der Waals surface area contributed by atoms with Crippen LogP contribution in [0, 0.1) is 25.7 Å². The molecule has 2 bridgehead atoms. The second-order valence-electron chi connectivity index (χ2n) is 9.60. The fourth-order valence-electron chi connectivity index (χ4n) is 6.17. The molecule has 35 heavy (non-hydrogen) atoms. The van der Waals surface area contributed by atoms with Crippen molar-refractivity contribution in [2.45, 2.75) is 23.6 Å². The van der Waals surface area contributed by atoms with E-state index in [1.807, 2.05) is 80.6 Å². The van der Waals surface area contributed by atoms with Crippen LogP contribution >= 0.6 is 23.2 Å². The van der Waals surface area contributed by atoms with Gasteiger partial charge >= 0.3 is 0 Å². The molecule has 1 aliphatic heterocycles. The summed E-state index contributed by atoms with van der Waals surface area (Å²) in [6, 6.07) is 20.6. The number of nitrogens with one attached hydrogen (secondary N) is 1. The highest BCUT2D eigenvalue weighted by molar-refractivity contribution is 6.36. The topological polar surface area (TPSA) is 66.5 Å². The van der Waals surface area contributed by atoms with E-state index < -0.39 is 45.9 Å². The number of alkyl halides is 2. The van der Waals surface area contributed by atoms with Crippen LogP contribution < -0.4 is 5.32 Å². The maximum atomic E-state index is 13.8. The molecule has 0 unspecified atom stereocenters. The monoisotopic (exact) mass is 504 g/mol. The molecule has 1 fully saturated rings. The minimum Gasteiger partial charge on any atom is -0.324 e. The molecule has 3 amide bonds. The number of anilines is 1. The lowest BCUT2D eigenvalue weighted by Crippen LogP contribution is -2.57. The molecule has 0 radical (unpaired) electrons. The number of amides is 3. The average molecular weight is 505 g/mol. The first-order valence-electron chi connectivity index (χ1n) is 11.5. The summed E-state index contributed by atoms with van der Waals surface area (Å²) < 4.78 is 0. The molecule has 176 valence electrons. The van der Waals surface area contributed by atoms with E-state index in [0.717, 1.165) is 38.3 Å². The highest BCUT2D eigenvalue weighted by Gasteiger charge is 2.73. The molecule has 3 aromatic rings. The Morgan fingerprint density at radius 3 is 1.71 bits per heavy atom. The fraction of sp³-hybridized carbons (Fsp3) is 0.250. The highest BCUT2D eigenvalue weighted by atomic mass is 35.5. The number of imide groups is 1. The van der Waals surface area contributed by atoms with E-state index in [2.05, 4.69) is 5.32 Å². The Labute approximate surface area is 213 Å². The normalized spacial score (nSPS) is 27.9. The number of aryl methyl sites for hydroxylation is 2. The van der Waals surface area contributed by atoms with Crippen LogP contribution in [0.25, 0.3) is 0 Å². The number of carbonyl (C=O) groups excluding carboxylic acids is 3. The van der Waals surface area contributed by atoms with Crippen LogP contribution in [-0.4, -0.2) is 29.2 Å². The van der Waals surface area contributed by atoms with Crippen molar-refractivity contribution in [3.63, 3.8) is 0 Å². The van der Waals surface area contributed by atoms with Crippen molar-refractivity contribution >= 4 is 46.6 Å². The van der Waals surface area contributed by atoms with Crippen molar-refractivity contribution in [2.24, 2.45) is 11.8 Å². The Morgan fingerprint density at radius 1 is 0.829 bits per heavy atom. The third-order valence-corrected chi connectivity index (χ3v) is 8.92. The fourth-order valence-corrected chi connectivity index (χ4v) is 7.27. The van der Waals surface area contributed by atoms with Gasteiger partial charge in [0, 0.05) is 5.69 Å². The van der Waals surface area contributed by atoms with Crippen molar-refractivity contribution in [3.05, 3.63) is 100 Å². The van der Waals surface area contributed by atoms with Crippen molar-refractivity contribution < 1.29 is 14.4 Å². The van der Waals surface area contributed by atoms with Crippen LogP contribution in [0.5, 0.6) is 0 Å². The third kappa shape index (κ3) is 2.79. The van der Waals surface area contributed by atoms with Gasteiger partial charge < -0.3 is 5.32 Å². The van der Waals surface area contributed by atoms with Crippen LogP contribution in [0.3, 0.4) is 0 Å². The molecule has 2 atom stereocenters. The Morgan fingerprint density at radius 2 is 1.29 bits per heavy atom. The lowest BCUT2D eigenvalue weighted by Gasteiger charge is -2.54. The second-order valence-corrected chi connectivity index (χ2v) is 10.8. The van der Waals surface area contributed by atoms with Gasteiger partial charge in [0.05, 0.1) is 11.8 Å². The van der Waals surface area contributed by atoms with Crippen molar-refractivity contribution in [2.75, 3.05) is 11.9 Å². The molecule has 3 aromatic carbocycles. The summed E-state index contributed by atoms with van der Waals surface area (Å²) in [5.41, 5.74) is 5.55. The summed E-state index contributed by atoms with van der Waals surface area (Å²) in [5, 5.41) is 2.83. The third-order valence-electron chi connectivity index (χ3n) is 7.63. The van der Waals surface area contributed by atoms with Crippen LogP contribution in [0.1, 0.15) is 33.4 Å². The zero-order chi connectivity index (χ0) is 24.7. The zero-order valence-corrected chi connectivity index (χ0v) is 20.7. The Kier molecular flexibility index (Phi) is 4.73. The van der Waals surface area contributed by atoms with E-state index in [1.54, 1.807) is 0 Å². The van der Waals surface area contributed by atoms with Gasteiger partial charge in [-0.15, -0.1) is 23.2 Å². The summed E-state index contributed by atoms with van der Waals surface area (Å²) in [4.78, 5) is 39.1. The standard InChI is InChI=1S/C28H22Cl2N2O3/c1-15-11-12-21(16(2)13-15)31-22(33)14-32-25(34)23-24(26(32)35)28(30)18-8-4-3-7-17(18)27(23,29)19-9-5-6-10-20(19)28/h3-13,23-24H,14H2,1-2H3,(H,31,33)/t23-,24-,27?,28?/m0/s1. The molecule has 7 heteroatoms. The summed E-state index contributed by atoms with van der Waals surface area (Å²) in [5.74, 6) is -3.22. The lowest BCUT2D eigenvalue weighted by molar-refractivity contribution is -0.142. The van der Waals surface area contributed by atoms with Crippen LogP contribution in [0.2, 0.25) is 0 Å². The van der Waals surface area contributed by atoms with Crippen molar-refractivity contribution in [1.82, 2.24) is 4.90 Å². The number of hydrogen-bond acceptors (Lipinski definition) is 3. The van der Waals surface area contributed by atoms with E-state index >= 15 is 0 Å². The van der Waals surface area contributed by atoms with E-state index in [1.165, 1.54) is 0 Å². The summed E-state index contributed by atoms with van der Waals surface area (Å²) in [6.07, 6.45) is 0. The van der Waals surface area contributed by atoms with Gasteiger partial charge in [0.15, 0.2) is 0 Å². The SMILES string of the molecule is Cc1ccc(NC(=O)CN2C(=O)[C@@H]3[C@@H](C2=O)C2(Cl)c4ccccc4C3(Cl)c3ccccc32)c(C)c1. The van der Waals surface area contributed by atoms with Gasteiger partial charge in [-0.25, -0.2) is 0 Å². The minimum absolute atomic E-state index is 0.398. The molecule has 1 saturated heterocycles. The smallest absolute Gasteiger partial charge is 0.244 e. The number of hydrogen-bond donors (Lipinski definition) is 1. The number of benzene rings is 3. The molecular weight excluding hydrogens is 483 g/mol. The largest absolute Gasteiger partial charge is 0.324 e. The van der Waals surface area contributed by atoms with Gasteiger partial charge in [-0.05, 0) is 47.7 Å². The van der Waals surface area contributed by atoms with Gasteiger partial charge in [-0.1, -0.05) is 66.2 Å². The Bertz CT molecular complexity index is 1330. The van der Waals surface area contributed by atoms with E-state index in [0.29, 0.717) is 5.69 Å². The first-order chi connectivity index (χ1) is 16.7. The van der Waals surface area contributed by atoms with E-state index in [4.69, 9.17) is 23.2 Å². The maximum absolute atomic E-state index is 13.8. The molecule has 4 aliphatic rings. The predicted molar refractivity (Wildman–Crippen MR) is 134 cm³/mol. The van der Waals surface area contributed by atoms with Crippen molar-refractivity contribution in [3.8, 4) is 0 Å². The lowest BCUT2D eigenvalue weighted by atomic mass is 9.54. The first-order valence-corrected chi connectivity index (χ1v) is 12.2. The number of nitrogens with zero attached hydrogens (tertiary/aromatic N) is 1. The number of halogens is 2. The van der Waals surface area contributed by atoms with Crippen LogP contribution in [0.15, 0.2) is 66.7 Å². The van der Waals surface area contributed by atoms with Gasteiger partial charge in [-0.3, -0.25) is 19.3 Å². The highest BCUT2D eigenvalue weighted by Crippen LogP contribution is 2.69. The quantitative estimate of drug-likeness (QED) is 0.410. The average Bonchev–Trinajstić information content (AvgIpc) is 3.10. The van der Waals surface area contributed by atoms with Gasteiger partial charge in [0.1, 0.15) is 16.3 Å². The molecule has 0 saturated carbocycles. The molecule has 0 aromatic heterocycles. The van der Waals surface area contributed by atoms with Gasteiger partial charge in [0.2, 0.25) is 17.7 Å². The molecule has 5 nitrogen and oxygen atoms in total. The summed E-state index contributed by atoms with van der Waals surface area (Å²) in [6.45, 7) is 3.46. The summed E-state index contributed by atoms with van der Waals surface area (Å²) >= 11 is 14.8. The molecule has 3 aliphatic carbocycles. The molecule has 1 N–H and O–H groups in total. The second kappa shape index (κ2) is 7.42. The number of carbonyl (C=O) groups is 3. The maximum Gasteiger partial charge on any atom is 0.244 e. The van der Waals surface area contributed by atoms with E-state index in [9.17, 15) is 14.4 Å². The first kappa shape index (κ1) is 22.3.